The predicted octanol–water partition coefficient (Wildman–Crippen LogP) is 2.69. The average molecular weight is 368 g/mol. The van der Waals surface area contributed by atoms with Crippen molar-refractivity contribution in [2.75, 3.05) is 0 Å². The molecule has 3 rings (SSSR count). The van der Waals surface area contributed by atoms with Gasteiger partial charge in [-0.15, -0.1) is 11.3 Å². The van der Waals surface area contributed by atoms with E-state index in [4.69, 9.17) is 0 Å². The Kier molecular flexibility index (Phi) is 5.80. The highest BCUT2D eigenvalue weighted by atomic mass is 32.1. The highest BCUT2D eigenvalue weighted by Crippen LogP contribution is 2.09. The average Bonchev–Trinajstić information content (AvgIpc) is 3.33. The second-order valence-corrected chi connectivity index (χ2v) is 6.94. The number of aromatic nitrogens is 2. The molecule has 26 heavy (non-hydrogen) atoms. The molecule has 1 aromatic carbocycles. The van der Waals surface area contributed by atoms with Gasteiger partial charge in [-0.05, 0) is 36.1 Å². The molecule has 0 aliphatic carbocycles. The van der Waals surface area contributed by atoms with E-state index in [9.17, 15) is 9.59 Å². The molecule has 134 valence electrons. The second-order valence-electron chi connectivity index (χ2n) is 5.99. The van der Waals surface area contributed by atoms with E-state index in [0.717, 1.165) is 5.56 Å². The number of nitrogens with zero attached hydrogens (tertiary/aromatic N) is 2. The molecule has 3 aromatic rings. The second kappa shape index (κ2) is 8.44. The smallest absolute Gasteiger partial charge is 0.261 e. The number of hydrogen-bond acceptors (Lipinski definition) is 4. The molecule has 1 unspecified atom stereocenters. The van der Waals surface area contributed by atoms with E-state index >= 15 is 0 Å². The quantitative estimate of drug-likeness (QED) is 0.673. The first-order valence-electron chi connectivity index (χ1n) is 8.29. The van der Waals surface area contributed by atoms with Crippen LogP contribution < -0.4 is 10.6 Å². The molecular formula is C19H20N4O2S. The van der Waals surface area contributed by atoms with Crippen LogP contribution in [0.3, 0.4) is 0 Å². The van der Waals surface area contributed by atoms with Crippen LogP contribution in [0, 0.1) is 0 Å². The van der Waals surface area contributed by atoms with Crippen LogP contribution in [-0.4, -0.2) is 27.4 Å². The minimum absolute atomic E-state index is 0.0125. The molecule has 7 heteroatoms. The summed E-state index contributed by atoms with van der Waals surface area (Å²) in [6.07, 6.45) is 5.30. The van der Waals surface area contributed by atoms with E-state index < -0.39 is 0 Å². The minimum Gasteiger partial charge on any atom is -0.348 e. The number of thiophene rings is 1. The van der Waals surface area contributed by atoms with Gasteiger partial charge in [0.2, 0.25) is 0 Å². The molecule has 0 aliphatic heterocycles. The number of rotatable bonds is 7. The number of carbonyl (C=O) groups is 2. The zero-order valence-electron chi connectivity index (χ0n) is 14.4. The van der Waals surface area contributed by atoms with Crippen molar-refractivity contribution < 1.29 is 9.59 Å². The van der Waals surface area contributed by atoms with E-state index in [2.05, 4.69) is 15.6 Å². The monoisotopic (exact) mass is 368 g/mol. The van der Waals surface area contributed by atoms with Gasteiger partial charge in [0.25, 0.3) is 11.8 Å². The van der Waals surface area contributed by atoms with Crippen molar-refractivity contribution in [1.29, 1.82) is 0 Å². The van der Waals surface area contributed by atoms with Crippen LogP contribution >= 0.6 is 11.3 Å². The third kappa shape index (κ3) is 4.80. The Morgan fingerprint density at radius 2 is 2.00 bits per heavy atom. The van der Waals surface area contributed by atoms with Crippen molar-refractivity contribution in [2.24, 2.45) is 0 Å². The molecule has 0 saturated carbocycles. The molecule has 0 saturated heterocycles. The lowest BCUT2D eigenvalue weighted by Crippen LogP contribution is -2.35. The summed E-state index contributed by atoms with van der Waals surface area (Å²) in [5.41, 5.74) is 1.54. The molecule has 0 bridgehead atoms. The highest BCUT2D eigenvalue weighted by molar-refractivity contribution is 7.12. The maximum atomic E-state index is 12.3. The van der Waals surface area contributed by atoms with Gasteiger partial charge in [-0.1, -0.05) is 18.2 Å². The summed E-state index contributed by atoms with van der Waals surface area (Å²) in [6, 6.07) is 10.9. The zero-order chi connectivity index (χ0) is 18.4. The lowest BCUT2D eigenvalue weighted by Gasteiger charge is -2.14. The van der Waals surface area contributed by atoms with Crippen molar-refractivity contribution in [2.45, 2.75) is 26.1 Å². The number of carbonyl (C=O) groups excluding carboxylic acids is 2. The Morgan fingerprint density at radius 1 is 1.19 bits per heavy atom. The molecule has 0 radical (unpaired) electrons. The van der Waals surface area contributed by atoms with Crippen LogP contribution in [0.15, 0.2) is 60.5 Å². The third-order valence-electron chi connectivity index (χ3n) is 3.84. The van der Waals surface area contributed by atoms with Gasteiger partial charge in [-0.3, -0.25) is 9.59 Å². The molecule has 2 N–H and O–H groups in total. The first-order valence-corrected chi connectivity index (χ1v) is 9.17. The number of hydrogen-bond donors (Lipinski definition) is 2. The molecule has 1 atom stereocenters. The van der Waals surface area contributed by atoms with Crippen LogP contribution in [0.2, 0.25) is 0 Å². The number of nitrogens with one attached hydrogen (secondary N) is 2. The molecule has 0 spiro atoms. The summed E-state index contributed by atoms with van der Waals surface area (Å²) < 4.78 is 1.92. The maximum absolute atomic E-state index is 12.3. The van der Waals surface area contributed by atoms with Gasteiger partial charge in [0.15, 0.2) is 0 Å². The molecular weight excluding hydrogens is 348 g/mol. The van der Waals surface area contributed by atoms with Crippen molar-refractivity contribution in [3.8, 4) is 0 Å². The topological polar surface area (TPSA) is 76.0 Å². The van der Waals surface area contributed by atoms with E-state index in [-0.39, 0.29) is 17.9 Å². The van der Waals surface area contributed by atoms with Gasteiger partial charge < -0.3 is 15.2 Å². The Morgan fingerprint density at radius 3 is 2.65 bits per heavy atom. The lowest BCUT2D eigenvalue weighted by molar-refractivity contribution is 0.0932. The number of imidazole rings is 1. The first-order chi connectivity index (χ1) is 12.6. The van der Waals surface area contributed by atoms with Gasteiger partial charge in [0.05, 0.1) is 11.2 Å². The first kappa shape index (κ1) is 17.9. The van der Waals surface area contributed by atoms with E-state index in [1.165, 1.54) is 11.3 Å². The Balaban J connectivity index is 1.50. The lowest BCUT2D eigenvalue weighted by atomic mass is 10.1. The van der Waals surface area contributed by atoms with Crippen molar-refractivity contribution in [1.82, 2.24) is 20.2 Å². The van der Waals surface area contributed by atoms with Gasteiger partial charge >= 0.3 is 0 Å². The van der Waals surface area contributed by atoms with Crippen molar-refractivity contribution in [3.63, 3.8) is 0 Å². The van der Waals surface area contributed by atoms with E-state index in [1.807, 2.05) is 41.3 Å². The summed E-state index contributed by atoms with van der Waals surface area (Å²) in [6.45, 7) is 3.04. The highest BCUT2D eigenvalue weighted by Gasteiger charge is 2.11. The van der Waals surface area contributed by atoms with Crippen molar-refractivity contribution >= 4 is 23.2 Å². The van der Waals surface area contributed by atoms with Gasteiger partial charge in [-0.25, -0.2) is 4.98 Å². The Hall–Kier alpha value is -2.93. The molecule has 0 fully saturated rings. The van der Waals surface area contributed by atoms with E-state index in [1.54, 1.807) is 30.7 Å². The third-order valence-corrected chi connectivity index (χ3v) is 4.70. The Bertz CT molecular complexity index is 842. The standard InChI is InChI=1S/C19H20N4O2S/c1-14(12-23-9-8-20-13-23)22-18(24)16-6-4-15(5-7-16)11-21-19(25)17-3-2-10-26-17/h2-10,13-14H,11-12H2,1H3,(H,21,25)(H,22,24). The van der Waals surface area contributed by atoms with Gasteiger partial charge in [0, 0.05) is 37.1 Å². The van der Waals surface area contributed by atoms with Gasteiger partial charge in [0.1, 0.15) is 0 Å². The summed E-state index contributed by atoms with van der Waals surface area (Å²) in [5, 5.41) is 7.71. The Labute approximate surface area is 155 Å². The fourth-order valence-corrected chi connectivity index (χ4v) is 3.15. The summed E-state index contributed by atoms with van der Waals surface area (Å²) >= 11 is 1.41. The molecule has 2 amide bonds. The predicted molar refractivity (Wildman–Crippen MR) is 101 cm³/mol. The largest absolute Gasteiger partial charge is 0.348 e. The van der Waals surface area contributed by atoms with E-state index in [0.29, 0.717) is 23.5 Å². The van der Waals surface area contributed by atoms with Crippen LogP contribution in [0.4, 0.5) is 0 Å². The fraction of sp³-hybridized carbons (Fsp3) is 0.211. The number of benzene rings is 1. The molecule has 2 aromatic heterocycles. The van der Waals surface area contributed by atoms with Gasteiger partial charge in [-0.2, -0.15) is 0 Å². The van der Waals surface area contributed by atoms with Crippen LogP contribution in [-0.2, 0) is 13.1 Å². The summed E-state index contributed by atoms with van der Waals surface area (Å²) in [5.74, 6) is -0.207. The van der Waals surface area contributed by atoms with Crippen molar-refractivity contribution in [3.05, 3.63) is 76.5 Å². The molecule has 0 aliphatic rings. The van der Waals surface area contributed by atoms with Crippen LogP contribution in [0.25, 0.3) is 0 Å². The molecule has 6 nitrogen and oxygen atoms in total. The maximum Gasteiger partial charge on any atom is 0.261 e. The fourth-order valence-electron chi connectivity index (χ4n) is 2.51. The normalized spacial score (nSPS) is 11.7. The number of amides is 2. The van der Waals surface area contributed by atoms with Crippen LogP contribution in [0.1, 0.15) is 32.5 Å². The minimum atomic E-state index is -0.119. The zero-order valence-corrected chi connectivity index (χ0v) is 15.2. The SMILES string of the molecule is CC(Cn1ccnc1)NC(=O)c1ccc(CNC(=O)c2cccs2)cc1. The summed E-state index contributed by atoms with van der Waals surface area (Å²) in [4.78, 5) is 28.9. The molecule has 2 heterocycles. The van der Waals surface area contributed by atoms with Crippen LogP contribution in [0.5, 0.6) is 0 Å². The summed E-state index contributed by atoms with van der Waals surface area (Å²) in [7, 11) is 0.